The lowest BCUT2D eigenvalue weighted by molar-refractivity contribution is 0.0398. The van der Waals surface area contributed by atoms with E-state index in [1.54, 1.807) is 6.20 Å². The molecular weight excluding hydrogens is 366 g/mol. The average molecular weight is 398 g/mol. The van der Waals surface area contributed by atoms with E-state index < -0.39 is 0 Å². The minimum atomic E-state index is 0.710. The molecule has 2 saturated heterocycles. The van der Waals surface area contributed by atoms with E-state index in [1.165, 1.54) is 16.8 Å². The Morgan fingerprint density at radius 3 is 2.55 bits per heavy atom. The van der Waals surface area contributed by atoms with Crippen LogP contribution in [0.2, 0.25) is 0 Å². The monoisotopic (exact) mass is 397 g/mol. The molecule has 0 saturated carbocycles. The van der Waals surface area contributed by atoms with Gasteiger partial charge in [-0.3, -0.25) is 4.90 Å². The molecule has 0 unspecified atom stereocenters. The fourth-order valence-electron chi connectivity index (χ4n) is 3.91. The largest absolute Gasteiger partial charge is 0.379 e. The quantitative estimate of drug-likeness (QED) is 0.788. The first kappa shape index (κ1) is 19.8. The molecule has 8 heteroatoms. The molecule has 1 aromatic heterocycles. The number of hydrogen-bond acceptors (Lipinski definition) is 8. The van der Waals surface area contributed by atoms with Crippen LogP contribution in [0.4, 0.5) is 17.5 Å². The topological polar surface area (TPSA) is 69.7 Å². The molecule has 0 spiro atoms. The fraction of sp³-hybridized carbons (Fsp3) is 0.571. The predicted octanol–water partition coefficient (Wildman–Crippen LogP) is 1.56. The zero-order valence-electron chi connectivity index (χ0n) is 17.5. The first-order valence-electron chi connectivity index (χ1n) is 10.5. The molecule has 0 radical (unpaired) electrons. The molecule has 0 atom stereocenters. The van der Waals surface area contributed by atoms with Gasteiger partial charge in [-0.05, 0) is 31.0 Å². The highest BCUT2D eigenvalue weighted by Gasteiger charge is 2.21. The van der Waals surface area contributed by atoms with Gasteiger partial charge in [-0.25, -0.2) is 0 Å². The zero-order valence-corrected chi connectivity index (χ0v) is 17.5. The van der Waals surface area contributed by atoms with Crippen LogP contribution in [0.5, 0.6) is 0 Å². The van der Waals surface area contributed by atoms with Crippen LogP contribution >= 0.6 is 0 Å². The highest BCUT2D eigenvalue weighted by atomic mass is 16.5. The van der Waals surface area contributed by atoms with Crippen molar-refractivity contribution in [2.75, 3.05) is 80.7 Å². The second-order valence-electron chi connectivity index (χ2n) is 7.72. The van der Waals surface area contributed by atoms with Crippen molar-refractivity contribution in [3.63, 3.8) is 0 Å². The Balaban J connectivity index is 1.30. The lowest BCUT2D eigenvalue weighted by atomic mass is 10.1. The van der Waals surface area contributed by atoms with Crippen molar-refractivity contribution in [1.29, 1.82) is 0 Å². The number of hydrogen-bond donors (Lipinski definition) is 1. The molecule has 2 aromatic rings. The minimum Gasteiger partial charge on any atom is -0.379 e. The lowest BCUT2D eigenvalue weighted by Crippen LogP contribution is -2.47. The van der Waals surface area contributed by atoms with E-state index in [-0.39, 0.29) is 0 Å². The van der Waals surface area contributed by atoms with E-state index >= 15 is 0 Å². The summed E-state index contributed by atoms with van der Waals surface area (Å²) in [6.45, 7) is 13.6. The number of anilines is 3. The van der Waals surface area contributed by atoms with Gasteiger partial charge in [0.15, 0.2) is 5.82 Å². The van der Waals surface area contributed by atoms with Gasteiger partial charge in [0.2, 0.25) is 5.95 Å². The Labute approximate surface area is 172 Å². The molecule has 2 aliphatic heterocycles. The Morgan fingerprint density at radius 1 is 1.00 bits per heavy atom. The maximum Gasteiger partial charge on any atom is 0.247 e. The van der Waals surface area contributed by atoms with Gasteiger partial charge in [-0.2, -0.15) is 10.1 Å². The molecule has 2 aliphatic rings. The van der Waals surface area contributed by atoms with Crippen LogP contribution in [0.1, 0.15) is 11.1 Å². The maximum atomic E-state index is 5.39. The van der Waals surface area contributed by atoms with E-state index in [1.807, 2.05) is 0 Å². The first-order valence-corrected chi connectivity index (χ1v) is 10.5. The van der Waals surface area contributed by atoms with Crippen molar-refractivity contribution in [3.8, 4) is 0 Å². The molecule has 29 heavy (non-hydrogen) atoms. The summed E-state index contributed by atoms with van der Waals surface area (Å²) in [6, 6.07) is 6.53. The van der Waals surface area contributed by atoms with E-state index in [4.69, 9.17) is 4.74 Å². The SMILES string of the molecule is Cc1cccc(N2CCN(c3nncc(NCCN4CCOCC4)n3)CC2)c1C. The van der Waals surface area contributed by atoms with Gasteiger partial charge in [0.25, 0.3) is 0 Å². The number of morpholine rings is 1. The highest BCUT2D eigenvalue weighted by molar-refractivity contribution is 5.57. The van der Waals surface area contributed by atoms with Gasteiger partial charge in [-0.1, -0.05) is 12.1 Å². The van der Waals surface area contributed by atoms with Crippen molar-refractivity contribution in [2.24, 2.45) is 0 Å². The second-order valence-corrected chi connectivity index (χ2v) is 7.72. The third-order valence-electron chi connectivity index (χ3n) is 5.86. The van der Waals surface area contributed by atoms with Gasteiger partial charge in [0.05, 0.1) is 19.4 Å². The third-order valence-corrected chi connectivity index (χ3v) is 5.86. The number of aromatic nitrogens is 3. The molecule has 1 N–H and O–H groups in total. The van der Waals surface area contributed by atoms with Crippen molar-refractivity contribution in [1.82, 2.24) is 20.1 Å². The van der Waals surface area contributed by atoms with Gasteiger partial charge in [0, 0.05) is 58.0 Å². The van der Waals surface area contributed by atoms with E-state index in [2.05, 4.69) is 67.2 Å². The number of aryl methyl sites for hydroxylation is 1. The molecule has 8 nitrogen and oxygen atoms in total. The number of ether oxygens (including phenoxy) is 1. The van der Waals surface area contributed by atoms with Gasteiger partial charge >= 0.3 is 0 Å². The summed E-state index contributed by atoms with van der Waals surface area (Å²) < 4.78 is 5.39. The summed E-state index contributed by atoms with van der Waals surface area (Å²) in [4.78, 5) is 11.8. The Hall–Kier alpha value is -2.45. The van der Waals surface area contributed by atoms with Crippen LogP contribution in [-0.2, 0) is 4.74 Å². The maximum absolute atomic E-state index is 5.39. The number of benzene rings is 1. The van der Waals surface area contributed by atoms with E-state index in [0.717, 1.165) is 71.4 Å². The van der Waals surface area contributed by atoms with Crippen molar-refractivity contribution < 1.29 is 4.74 Å². The van der Waals surface area contributed by atoms with Crippen LogP contribution < -0.4 is 15.1 Å². The third kappa shape index (κ3) is 4.94. The van der Waals surface area contributed by atoms with E-state index in [9.17, 15) is 0 Å². The van der Waals surface area contributed by atoms with Gasteiger partial charge in [0.1, 0.15) is 0 Å². The molecular formula is C21H31N7O. The number of piperazine rings is 1. The molecule has 1 aromatic carbocycles. The summed E-state index contributed by atoms with van der Waals surface area (Å²) >= 11 is 0. The summed E-state index contributed by atoms with van der Waals surface area (Å²) in [5, 5.41) is 11.8. The Kier molecular flexibility index (Phi) is 6.41. The van der Waals surface area contributed by atoms with Crippen molar-refractivity contribution >= 4 is 17.5 Å². The molecule has 156 valence electrons. The molecule has 4 rings (SSSR count). The van der Waals surface area contributed by atoms with Gasteiger partial charge < -0.3 is 19.9 Å². The minimum absolute atomic E-state index is 0.710. The number of nitrogens with zero attached hydrogens (tertiary/aromatic N) is 6. The number of nitrogens with one attached hydrogen (secondary N) is 1. The summed E-state index contributed by atoms with van der Waals surface area (Å²) in [5.41, 5.74) is 4.04. The van der Waals surface area contributed by atoms with Crippen LogP contribution in [-0.4, -0.2) is 85.7 Å². The lowest BCUT2D eigenvalue weighted by Gasteiger charge is -2.36. The normalized spacial score (nSPS) is 18.1. The summed E-state index contributed by atoms with van der Waals surface area (Å²) in [7, 11) is 0. The summed E-state index contributed by atoms with van der Waals surface area (Å²) in [5.74, 6) is 1.50. The summed E-state index contributed by atoms with van der Waals surface area (Å²) in [6.07, 6.45) is 1.70. The van der Waals surface area contributed by atoms with Crippen molar-refractivity contribution in [3.05, 3.63) is 35.5 Å². The van der Waals surface area contributed by atoms with Crippen LogP contribution in [0, 0.1) is 13.8 Å². The zero-order chi connectivity index (χ0) is 20.1. The molecule has 2 fully saturated rings. The van der Waals surface area contributed by atoms with Crippen LogP contribution in [0.25, 0.3) is 0 Å². The first-order chi connectivity index (χ1) is 14.2. The fourth-order valence-corrected chi connectivity index (χ4v) is 3.91. The predicted molar refractivity (Wildman–Crippen MR) is 116 cm³/mol. The van der Waals surface area contributed by atoms with Crippen molar-refractivity contribution in [2.45, 2.75) is 13.8 Å². The standard InChI is InChI=1S/C21H31N7O/c1-17-4-3-5-19(18(17)2)27-8-10-28(11-9-27)21-24-20(16-23-25-21)22-6-7-26-12-14-29-15-13-26/h3-5,16H,6-15H2,1-2H3,(H,22,24,25). The van der Waals surface area contributed by atoms with E-state index in [0.29, 0.717) is 5.95 Å². The molecule has 0 aliphatic carbocycles. The second kappa shape index (κ2) is 9.37. The highest BCUT2D eigenvalue weighted by Crippen LogP contribution is 2.24. The van der Waals surface area contributed by atoms with Gasteiger partial charge in [-0.15, -0.1) is 5.10 Å². The molecule has 0 amide bonds. The van der Waals surface area contributed by atoms with Crippen LogP contribution in [0.15, 0.2) is 24.4 Å². The smallest absolute Gasteiger partial charge is 0.247 e. The molecule has 0 bridgehead atoms. The average Bonchev–Trinajstić information content (AvgIpc) is 2.77. The van der Waals surface area contributed by atoms with Crippen LogP contribution in [0.3, 0.4) is 0 Å². The molecule has 3 heterocycles. The number of rotatable bonds is 6. The Bertz CT molecular complexity index is 801. The Morgan fingerprint density at radius 2 is 1.76 bits per heavy atom.